The largest absolute Gasteiger partial charge is 0.506 e. The van der Waals surface area contributed by atoms with Crippen LogP contribution in [0.4, 0.5) is 0 Å². The highest BCUT2D eigenvalue weighted by Gasteiger charge is 2.12. The van der Waals surface area contributed by atoms with Crippen molar-refractivity contribution in [1.82, 2.24) is 5.43 Å². The predicted octanol–water partition coefficient (Wildman–Crippen LogP) is 4.86. The predicted molar refractivity (Wildman–Crippen MR) is 104 cm³/mol. The van der Waals surface area contributed by atoms with E-state index < -0.39 is 5.91 Å². The third kappa shape index (κ3) is 4.95. The van der Waals surface area contributed by atoms with Crippen LogP contribution in [0.3, 0.4) is 0 Å². The van der Waals surface area contributed by atoms with E-state index in [2.05, 4.69) is 58.3 Å². The van der Waals surface area contributed by atoms with E-state index in [-0.39, 0.29) is 12.4 Å². The first-order valence-corrected chi connectivity index (χ1v) is 9.21. The molecule has 5 nitrogen and oxygen atoms in total. The first kappa shape index (κ1) is 19.2. The molecule has 0 aliphatic carbocycles. The summed E-state index contributed by atoms with van der Waals surface area (Å²) in [5.74, 6) is 0.00870. The number of rotatable bonds is 5. The van der Waals surface area contributed by atoms with Gasteiger partial charge < -0.3 is 9.84 Å². The van der Waals surface area contributed by atoms with Crippen molar-refractivity contribution >= 4 is 71.5 Å². The molecule has 0 spiro atoms. The summed E-state index contributed by atoms with van der Waals surface area (Å²) in [4.78, 5) is 11.7. The number of nitrogens with one attached hydrogen (secondary N) is 1. The maximum absolute atomic E-state index is 11.7. The number of phenols is 1. The van der Waals surface area contributed by atoms with Crippen LogP contribution in [0.1, 0.15) is 5.56 Å². The average Bonchev–Trinajstić information content (AvgIpc) is 2.55. The highest BCUT2D eigenvalue weighted by molar-refractivity contribution is 9.11. The molecule has 0 aromatic heterocycles. The summed E-state index contributed by atoms with van der Waals surface area (Å²) in [7, 11) is 0. The van der Waals surface area contributed by atoms with Crippen molar-refractivity contribution in [2.75, 3.05) is 6.61 Å². The molecule has 2 aromatic carbocycles. The Kier molecular flexibility index (Phi) is 7.09. The summed E-state index contributed by atoms with van der Waals surface area (Å²) >= 11 is 15.8. The van der Waals surface area contributed by atoms with E-state index in [1.165, 1.54) is 6.21 Å². The second-order valence-electron chi connectivity index (χ2n) is 4.43. The summed E-state index contributed by atoms with van der Waals surface area (Å²) in [6, 6.07) is 8.53. The van der Waals surface area contributed by atoms with E-state index in [9.17, 15) is 9.90 Å². The number of carbonyl (C=O) groups excluding carboxylic acids is 1. The lowest BCUT2D eigenvalue weighted by molar-refractivity contribution is -0.123. The minimum absolute atomic E-state index is 0.0352. The van der Waals surface area contributed by atoms with Gasteiger partial charge in [0.1, 0.15) is 11.5 Å². The van der Waals surface area contributed by atoms with Gasteiger partial charge in [-0.25, -0.2) is 5.43 Å². The summed E-state index contributed by atoms with van der Waals surface area (Å²) in [6.45, 7) is -0.227. The zero-order chi connectivity index (χ0) is 17.7. The fourth-order valence-electron chi connectivity index (χ4n) is 1.62. The lowest BCUT2D eigenvalue weighted by Gasteiger charge is -2.07. The minimum atomic E-state index is -0.445. The smallest absolute Gasteiger partial charge is 0.277 e. The van der Waals surface area contributed by atoms with Crippen molar-refractivity contribution in [3.63, 3.8) is 0 Å². The fourth-order valence-corrected chi connectivity index (χ4v) is 4.13. The van der Waals surface area contributed by atoms with Crippen LogP contribution in [0.5, 0.6) is 11.5 Å². The zero-order valence-electron chi connectivity index (χ0n) is 11.9. The number of ether oxygens (including phenoxy) is 1. The van der Waals surface area contributed by atoms with Gasteiger partial charge in [0.05, 0.1) is 20.2 Å². The lowest BCUT2D eigenvalue weighted by Crippen LogP contribution is -2.24. The van der Waals surface area contributed by atoms with E-state index in [1.807, 2.05) is 0 Å². The number of hydrazone groups is 1. The van der Waals surface area contributed by atoms with Crippen LogP contribution in [0.2, 0.25) is 5.02 Å². The maximum atomic E-state index is 11.7. The first-order valence-electron chi connectivity index (χ1n) is 6.46. The molecule has 0 aliphatic heterocycles. The molecule has 0 aliphatic rings. The first-order chi connectivity index (χ1) is 11.4. The third-order valence-corrected chi connectivity index (χ3v) is 5.14. The molecule has 126 valence electrons. The number of aromatic hydroxyl groups is 1. The van der Waals surface area contributed by atoms with Crippen LogP contribution in [-0.4, -0.2) is 23.8 Å². The molecule has 2 N–H and O–H groups in total. The van der Waals surface area contributed by atoms with Crippen LogP contribution < -0.4 is 10.2 Å². The van der Waals surface area contributed by atoms with E-state index in [1.54, 1.807) is 30.3 Å². The van der Waals surface area contributed by atoms with Gasteiger partial charge in [0, 0.05) is 10.0 Å². The Labute approximate surface area is 168 Å². The summed E-state index contributed by atoms with van der Waals surface area (Å²) in [5.41, 5.74) is 2.91. The van der Waals surface area contributed by atoms with Crippen molar-refractivity contribution in [1.29, 1.82) is 0 Å². The topological polar surface area (TPSA) is 70.9 Å². The molecule has 1 amide bonds. The van der Waals surface area contributed by atoms with Crippen molar-refractivity contribution in [3.8, 4) is 11.5 Å². The Morgan fingerprint density at radius 2 is 2.00 bits per heavy atom. The molecule has 0 radical (unpaired) electrons. The van der Waals surface area contributed by atoms with Gasteiger partial charge in [-0.05, 0) is 50.1 Å². The molecule has 24 heavy (non-hydrogen) atoms. The van der Waals surface area contributed by atoms with Crippen LogP contribution in [0.15, 0.2) is 48.9 Å². The highest BCUT2D eigenvalue weighted by atomic mass is 79.9. The van der Waals surface area contributed by atoms with Gasteiger partial charge in [0.2, 0.25) is 0 Å². The minimum Gasteiger partial charge on any atom is -0.506 e. The molecule has 0 saturated carbocycles. The Balaban J connectivity index is 1.96. The molecule has 2 aromatic rings. The molecule has 0 bridgehead atoms. The normalized spacial score (nSPS) is 10.8. The monoisotopic (exact) mass is 538 g/mol. The Hall–Kier alpha value is -1.09. The maximum Gasteiger partial charge on any atom is 0.277 e. The van der Waals surface area contributed by atoms with Gasteiger partial charge in [-0.3, -0.25) is 4.79 Å². The number of carbonyl (C=O) groups is 1. The van der Waals surface area contributed by atoms with Crippen LogP contribution >= 0.6 is 59.4 Å². The van der Waals surface area contributed by atoms with E-state index in [0.717, 1.165) is 0 Å². The zero-order valence-corrected chi connectivity index (χ0v) is 17.4. The molecule has 0 atom stereocenters. The molecule has 0 unspecified atom stereocenters. The standard InChI is InChI=1S/C15H10Br3ClN2O3/c16-9-5-10(17)15(23)14(18)8(9)6-20-21-13(22)7-24-12-4-2-1-3-11(12)19/h1-6,23H,7H2,(H,21,22)/b20-6-. The van der Waals surface area contributed by atoms with Gasteiger partial charge >= 0.3 is 0 Å². The second kappa shape index (κ2) is 8.84. The molecular weight excluding hydrogens is 531 g/mol. The van der Waals surface area contributed by atoms with Crippen LogP contribution in [0.25, 0.3) is 0 Å². The van der Waals surface area contributed by atoms with Crippen molar-refractivity contribution in [2.24, 2.45) is 5.10 Å². The molecular formula is C15H10Br3ClN2O3. The SMILES string of the molecule is O=C(COc1ccccc1Cl)N/N=C\c1c(Br)cc(Br)c(O)c1Br. The Morgan fingerprint density at radius 3 is 2.71 bits per heavy atom. The number of para-hydroxylation sites is 1. The number of benzene rings is 2. The van der Waals surface area contributed by atoms with Gasteiger partial charge in [-0.15, -0.1) is 0 Å². The molecule has 9 heteroatoms. The Morgan fingerprint density at radius 1 is 1.29 bits per heavy atom. The number of amides is 1. The van der Waals surface area contributed by atoms with Gasteiger partial charge in [-0.1, -0.05) is 39.7 Å². The summed E-state index contributed by atoms with van der Waals surface area (Å²) in [6.07, 6.45) is 1.40. The Bertz CT molecular complexity index is 800. The molecule has 0 heterocycles. The van der Waals surface area contributed by atoms with Gasteiger partial charge in [-0.2, -0.15) is 5.10 Å². The second-order valence-corrected chi connectivity index (χ2v) is 7.34. The van der Waals surface area contributed by atoms with Crippen LogP contribution in [-0.2, 0) is 4.79 Å². The quantitative estimate of drug-likeness (QED) is 0.420. The highest BCUT2D eigenvalue weighted by Crippen LogP contribution is 2.38. The van der Waals surface area contributed by atoms with Crippen LogP contribution in [0, 0.1) is 0 Å². The average molecular weight is 541 g/mol. The van der Waals surface area contributed by atoms with E-state index in [0.29, 0.717) is 29.8 Å². The summed E-state index contributed by atoms with van der Waals surface area (Å²) < 4.78 is 6.95. The molecule has 0 saturated heterocycles. The van der Waals surface area contributed by atoms with Gasteiger partial charge in [0.15, 0.2) is 6.61 Å². The summed E-state index contributed by atoms with van der Waals surface area (Å²) in [5, 5.41) is 14.1. The van der Waals surface area contributed by atoms with Gasteiger partial charge in [0.25, 0.3) is 5.91 Å². The molecule has 0 fully saturated rings. The molecule has 2 rings (SSSR count). The fraction of sp³-hybridized carbons (Fsp3) is 0.0667. The van der Waals surface area contributed by atoms with E-state index >= 15 is 0 Å². The number of halogens is 4. The lowest BCUT2D eigenvalue weighted by atomic mass is 10.2. The van der Waals surface area contributed by atoms with Crippen molar-refractivity contribution in [3.05, 3.63) is 54.3 Å². The number of nitrogens with zero attached hydrogens (tertiary/aromatic N) is 1. The number of hydrogen-bond acceptors (Lipinski definition) is 4. The third-order valence-electron chi connectivity index (χ3n) is 2.76. The van der Waals surface area contributed by atoms with Crippen molar-refractivity contribution < 1.29 is 14.6 Å². The number of phenolic OH excluding ortho intramolecular Hbond substituents is 1. The number of hydrogen-bond donors (Lipinski definition) is 2. The van der Waals surface area contributed by atoms with E-state index in [4.69, 9.17) is 16.3 Å². The van der Waals surface area contributed by atoms with Crippen molar-refractivity contribution in [2.45, 2.75) is 0 Å².